The van der Waals surface area contributed by atoms with Gasteiger partial charge in [0.1, 0.15) is 0 Å². The van der Waals surface area contributed by atoms with Crippen LogP contribution in [0.2, 0.25) is 0 Å². The average Bonchev–Trinajstić information content (AvgIpc) is 2.72. The normalized spacial score (nSPS) is 13.9. The number of aliphatic hydroxyl groups is 1. The van der Waals surface area contributed by atoms with Gasteiger partial charge in [-0.25, -0.2) is 13.2 Å². The summed E-state index contributed by atoms with van der Waals surface area (Å²) in [6.07, 6.45) is -5.43. The van der Waals surface area contributed by atoms with Crippen LogP contribution in [0.1, 0.15) is 18.1 Å². The van der Waals surface area contributed by atoms with Crippen LogP contribution < -0.4 is 5.32 Å². The van der Waals surface area contributed by atoms with E-state index in [1.807, 2.05) is 0 Å². The summed E-state index contributed by atoms with van der Waals surface area (Å²) in [6, 6.07) is 9.67. The molecule has 168 valence electrons. The number of anilines is 1. The van der Waals surface area contributed by atoms with E-state index in [1.165, 1.54) is 31.2 Å². The highest BCUT2D eigenvalue weighted by Crippen LogP contribution is 2.40. The first-order valence-corrected chi connectivity index (χ1v) is 10.6. The number of hydrogen-bond donors (Lipinski definition) is 2. The molecule has 1 amide bonds. The molecule has 2 rings (SSSR count). The molecule has 7 nitrogen and oxygen atoms in total. The third kappa shape index (κ3) is 5.23. The first-order chi connectivity index (χ1) is 14.3. The van der Waals surface area contributed by atoms with Crippen LogP contribution in [-0.2, 0) is 36.2 Å². The SMILES string of the molecule is CCS(=O)(=O)c1ccc(CC(=O)Nc2ccc(C(O)(C(=O)OC)C(F)(F)F)cc2)cc1. The minimum atomic E-state index is -5.32. The number of benzene rings is 2. The molecule has 11 heteroatoms. The van der Waals surface area contributed by atoms with E-state index in [4.69, 9.17) is 0 Å². The number of ether oxygens (including phenoxy) is 1. The molecule has 0 heterocycles. The van der Waals surface area contributed by atoms with Crippen molar-refractivity contribution in [3.63, 3.8) is 0 Å². The number of hydrogen-bond acceptors (Lipinski definition) is 6. The second kappa shape index (κ2) is 9.06. The largest absolute Gasteiger partial charge is 0.466 e. The Bertz CT molecular complexity index is 1050. The summed E-state index contributed by atoms with van der Waals surface area (Å²) >= 11 is 0. The van der Waals surface area contributed by atoms with Gasteiger partial charge in [0, 0.05) is 11.3 Å². The van der Waals surface area contributed by atoms with Crippen molar-refractivity contribution in [1.82, 2.24) is 0 Å². The second-order valence-electron chi connectivity index (χ2n) is 6.55. The zero-order chi connectivity index (χ0) is 23.4. The molecule has 0 aliphatic carbocycles. The number of rotatable bonds is 7. The Balaban J connectivity index is 2.12. The molecule has 0 bridgehead atoms. The average molecular weight is 459 g/mol. The number of alkyl halides is 3. The van der Waals surface area contributed by atoms with Crippen LogP contribution in [0.25, 0.3) is 0 Å². The van der Waals surface area contributed by atoms with Crippen LogP contribution in [-0.4, -0.2) is 44.4 Å². The molecule has 1 atom stereocenters. The smallest absolute Gasteiger partial charge is 0.432 e. The number of carbonyl (C=O) groups excluding carboxylic acids is 2. The van der Waals surface area contributed by atoms with Gasteiger partial charge in [-0.05, 0) is 29.8 Å². The Morgan fingerprint density at radius 2 is 1.58 bits per heavy atom. The maximum absolute atomic E-state index is 13.2. The molecule has 0 aromatic heterocycles. The number of halogens is 3. The molecule has 0 saturated heterocycles. The monoisotopic (exact) mass is 459 g/mol. The molecule has 0 fully saturated rings. The molecule has 0 spiro atoms. The van der Waals surface area contributed by atoms with Crippen LogP contribution in [0.15, 0.2) is 53.4 Å². The topological polar surface area (TPSA) is 110 Å². The predicted molar refractivity (Wildman–Crippen MR) is 105 cm³/mol. The van der Waals surface area contributed by atoms with Crippen molar-refractivity contribution in [2.45, 2.75) is 30.0 Å². The van der Waals surface area contributed by atoms with Gasteiger partial charge in [-0.1, -0.05) is 31.2 Å². The first kappa shape index (κ1) is 24.4. The fraction of sp³-hybridized carbons (Fsp3) is 0.300. The maximum Gasteiger partial charge on any atom is 0.432 e. The highest BCUT2D eigenvalue weighted by Gasteiger charge is 2.62. The lowest BCUT2D eigenvalue weighted by Gasteiger charge is -2.28. The summed E-state index contributed by atoms with van der Waals surface area (Å²) in [6.45, 7) is 1.52. The lowest BCUT2D eigenvalue weighted by Crippen LogP contribution is -2.49. The predicted octanol–water partition coefficient (Wildman–Crippen LogP) is 2.58. The van der Waals surface area contributed by atoms with Crippen LogP contribution in [0.3, 0.4) is 0 Å². The summed E-state index contributed by atoms with van der Waals surface area (Å²) in [4.78, 5) is 23.9. The van der Waals surface area contributed by atoms with Crippen molar-refractivity contribution in [2.75, 3.05) is 18.2 Å². The van der Waals surface area contributed by atoms with E-state index < -0.39 is 39.1 Å². The van der Waals surface area contributed by atoms with Crippen molar-refractivity contribution in [1.29, 1.82) is 0 Å². The summed E-state index contributed by atoms with van der Waals surface area (Å²) in [5, 5.41) is 12.4. The fourth-order valence-electron chi connectivity index (χ4n) is 2.71. The number of esters is 1. The van der Waals surface area contributed by atoms with Crippen molar-refractivity contribution in [3.8, 4) is 0 Å². The van der Waals surface area contributed by atoms with Crippen LogP contribution in [0, 0.1) is 0 Å². The summed E-state index contributed by atoms with van der Waals surface area (Å²) < 4.78 is 67.4. The van der Waals surface area contributed by atoms with Crippen LogP contribution >= 0.6 is 0 Å². The van der Waals surface area contributed by atoms with Crippen molar-refractivity contribution >= 4 is 27.4 Å². The molecular formula is C20H20F3NO6S. The lowest BCUT2D eigenvalue weighted by atomic mass is 9.93. The Morgan fingerprint density at radius 3 is 2.03 bits per heavy atom. The van der Waals surface area contributed by atoms with Crippen LogP contribution in [0.5, 0.6) is 0 Å². The molecule has 31 heavy (non-hydrogen) atoms. The number of sulfone groups is 1. The van der Waals surface area contributed by atoms with E-state index in [-0.39, 0.29) is 22.8 Å². The molecule has 0 aliphatic heterocycles. The van der Waals surface area contributed by atoms with E-state index in [0.29, 0.717) is 5.56 Å². The van der Waals surface area contributed by atoms with Gasteiger partial charge in [0.25, 0.3) is 5.60 Å². The zero-order valence-electron chi connectivity index (χ0n) is 16.6. The van der Waals surface area contributed by atoms with Gasteiger partial charge in [0.15, 0.2) is 9.84 Å². The molecule has 2 N–H and O–H groups in total. The number of nitrogens with one attached hydrogen (secondary N) is 1. The lowest BCUT2D eigenvalue weighted by molar-refractivity contribution is -0.266. The van der Waals surface area contributed by atoms with Crippen molar-refractivity contribution in [2.24, 2.45) is 0 Å². The molecule has 0 saturated carbocycles. The quantitative estimate of drug-likeness (QED) is 0.616. The van der Waals surface area contributed by atoms with Gasteiger partial charge in [-0.2, -0.15) is 13.2 Å². The maximum atomic E-state index is 13.2. The molecule has 0 aliphatic rings. The Hall–Kier alpha value is -2.92. The summed E-state index contributed by atoms with van der Waals surface area (Å²) in [7, 11) is -2.64. The van der Waals surface area contributed by atoms with Gasteiger partial charge in [0.2, 0.25) is 5.91 Å². The molecule has 1 unspecified atom stereocenters. The summed E-state index contributed by atoms with van der Waals surface area (Å²) in [5.74, 6) is -2.44. The highest BCUT2D eigenvalue weighted by molar-refractivity contribution is 7.91. The molecular weight excluding hydrogens is 439 g/mol. The molecule has 2 aromatic rings. The van der Waals surface area contributed by atoms with Gasteiger partial charge in [-0.15, -0.1) is 0 Å². The highest BCUT2D eigenvalue weighted by atomic mass is 32.2. The third-order valence-electron chi connectivity index (χ3n) is 4.50. The van der Waals surface area contributed by atoms with Gasteiger partial charge < -0.3 is 15.2 Å². The Kier molecular flexibility index (Phi) is 7.12. The first-order valence-electron chi connectivity index (χ1n) is 8.94. The fourth-order valence-corrected chi connectivity index (χ4v) is 3.60. The van der Waals surface area contributed by atoms with Crippen molar-refractivity contribution < 1.29 is 41.0 Å². The standard InChI is InChI=1S/C20H20F3NO6S/c1-3-31(28,29)16-10-4-13(5-11-16)12-17(25)24-15-8-6-14(7-9-15)19(27,18(26)30-2)20(21,22)23/h4-11,27H,3,12H2,1-2H3,(H,24,25). The second-order valence-corrected chi connectivity index (χ2v) is 8.83. The van der Waals surface area contributed by atoms with Gasteiger partial charge >= 0.3 is 12.1 Å². The Morgan fingerprint density at radius 1 is 1.03 bits per heavy atom. The zero-order valence-corrected chi connectivity index (χ0v) is 17.4. The van der Waals surface area contributed by atoms with Crippen LogP contribution in [0.4, 0.5) is 18.9 Å². The number of methoxy groups -OCH3 is 1. The van der Waals surface area contributed by atoms with Gasteiger partial charge in [-0.3, -0.25) is 4.79 Å². The number of carbonyl (C=O) groups is 2. The Labute approximate surface area is 176 Å². The summed E-state index contributed by atoms with van der Waals surface area (Å²) in [5.41, 5.74) is -3.95. The minimum absolute atomic E-state index is 0.0533. The van der Waals surface area contributed by atoms with E-state index in [1.54, 1.807) is 0 Å². The molecule has 2 aromatic carbocycles. The minimum Gasteiger partial charge on any atom is -0.466 e. The third-order valence-corrected chi connectivity index (χ3v) is 6.26. The number of amides is 1. The van der Waals surface area contributed by atoms with E-state index in [9.17, 15) is 36.3 Å². The van der Waals surface area contributed by atoms with E-state index in [0.717, 1.165) is 31.4 Å². The van der Waals surface area contributed by atoms with E-state index in [2.05, 4.69) is 10.1 Å². The van der Waals surface area contributed by atoms with Gasteiger partial charge in [0.05, 0.1) is 24.2 Å². The molecule has 0 radical (unpaired) electrons. The van der Waals surface area contributed by atoms with E-state index >= 15 is 0 Å². The van der Waals surface area contributed by atoms with Crippen molar-refractivity contribution in [3.05, 3.63) is 59.7 Å².